The minimum Gasteiger partial charge on any atom is -0.468 e. The quantitative estimate of drug-likeness (QED) is 0.130. The highest BCUT2D eigenvalue weighted by Gasteiger charge is 2.51. The largest absolute Gasteiger partial charge is 0.468 e. The van der Waals surface area contributed by atoms with Crippen molar-refractivity contribution in [2.45, 2.75) is 213 Å². The molecule has 7 aliphatic rings. The molecule has 0 radical (unpaired) electrons. The lowest BCUT2D eigenvalue weighted by Gasteiger charge is -2.48. The molecule has 0 fully saturated rings. The van der Waals surface area contributed by atoms with Gasteiger partial charge in [0, 0.05) is 38.3 Å². The third-order valence-corrected chi connectivity index (χ3v) is 19.5. The Morgan fingerprint density at radius 2 is 1.17 bits per heavy atom. The van der Waals surface area contributed by atoms with Crippen LogP contribution in [0, 0.1) is 18.3 Å². The van der Waals surface area contributed by atoms with Gasteiger partial charge in [-0.3, -0.25) is 0 Å². The van der Waals surface area contributed by atoms with Gasteiger partial charge in [0.05, 0.1) is 19.8 Å². The summed E-state index contributed by atoms with van der Waals surface area (Å²) in [6.45, 7) is 37.8. The summed E-state index contributed by atoms with van der Waals surface area (Å²) >= 11 is 0. The van der Waals surface area contributed by atoms with Crippen LogP contribution in [0.1, 0.15) is 230 Å². The number of fused-ring (bicyclic) bond motifs is 9. The third-order valence-electron chi connectivity index (χ3n) is 19.5. The van der Waals surface area contributed by atoms with Crippen LogP contribution < -0.4 is 26.4 Å². The van der Waals surface area contributed by atoms with Crippen LogP contribution in [0.2, 0.25) is 0 Å². The van der Waals surface area contributed by atoms with Crippen LogP contribution in [0.3, 0.4) is 0 Å². The first-order valence-corrected chi connectivity index (χ1v) is 27.3. The van der Waals surface area contributed by atoms with Crippen LogP contribution in [0.5, 0.6) is 0 Å². The van der Waals surface area contributed by atoms with Crippen molar-refractivity contribution in [2.75, 3.05) is 9.80 Å². The Labute approximate surface area is 436 Å². The second-order valence-electron chi connectivity index (χ2n) is 28.3. The number of nitrogens with zero attached hydrogens (tertiary/aromatic N) is 2. The number of rotatable bonds is 3. The number of benzene rings is 4. The summed E-state index contributed by atoms with van der Waals surface area (Å²) in [4.78, 5) is 5.10. The van der Waals surface area contributed by atoms with Crippen molar-refractivity contribution in [1.29, 1.82) is 0 Å². The molecule has 370 valence electrons. The van der Waals surface area contributed by atoms with Crippen LogP contribution in [-0.4, -0.2) is 6.71 Å². The van der Waals surface area contributed by atoms with Crippen molar-refractivity contribution >= 4 is 63.5 Å². The Morgan fingerprint density at radius 1 is 0.634 bits per heavy atom. The molecule has 3 heterocycles. The van der Waals surface area contributed by atoms with Crippen LogP contribution in [0.15, 0.2) is 77.2 Å². The molecular weight excluding hydrogens is 860 g/mol. The molecule has 5 atom stereocenters. The number of anilines is 6. The highest BCUT2D eigenvalue weighted by molar-refractivity contribution is 6.99. The van der Waals surface area contributed by atoms with E-state index in [1.54, 1.807) is 0 Å². The summed E-state index contributed by atoms with van der Waals surface area (Å²) in [5.74, 6) is 0.387. The Morgan fingerprint density at radius 3 is 1.77 bits per heavy atom. The van der Waals surface area contributed by atoms with E-state index in [0.717, 1.165) is 95.9 Å². The van der Waals surface area contributed by atoms with E-state index in [9.17, 15) is 5.48 Å². The molecule has 0 bridgehead atoms. The second kappa shape index (κ2) is 15.2. The van der Waals surface area contributed by atoms with Gasteiger partial charge in [0.2, 0.25) is 0 Å². The lowest BCUT2D eigenvalue weighted by atomic mass is 9.35. The fourth-order valence-electron chi connectivity index (χ4n) is 14.4. The standard InChI is InChI=1S/C67H83BN2O/c1-40-32-55-58-56(33-40)70(53-38-50-48(64(9,10)28-30-66(50,13)14)36-44(53)41-20-18-17-19-21-41)54-39-51-49(65(11,12)29-31-67(51,15)16)37-52(54)68(58)60-59(45-34-42(61(2,3)4)22-25-57(45)71-60)69(55)43-23-24-46-47(35-43)63(7,8)27-26-62(46,5)6/h18,20,22-25,32-33,35-39,41-42H,17,19,21,26-31,34H2,1-16H3/i17D,18D,19D,20D,21D. The van der Waals surface area contributed by atoms with Crippen LogP contribution in [0.4, 0.5) is 34.1 Å². The van der Waals surface area contributed by atoms with E-state index < -0.39 is 25.1 Å². The number of hydrogen-bond acceptors (Lipinski definition) is 3. The van der Waals surface area contributed by atoms with E-state index >= 15 is 0 Å². The summed E-state index contributed by atoms with van der Waals surface area (Å²) in [6, 6.07) is 21.8. The van der Waals surface area contributed by atoms with E-state index in [-0.39, 0.29) is 56.7 Å². The van der Waals surface area contributed by atoms with E-state index in [1.165, 1.54) is 55.6 Å². The van der Waals surface area contributed by atoms with Crippen molar-refractivity contribution in [2.24, 2.45) is 11.3 Å². The smallest absolute Gasteiger partial charge is 0.297 e. The molecule has 5 aliphatic carbocycles. The maximum atomic E-state index is 9.85. The molecule has 5 unspecified atom stereocenters. The van der Waals surface area contributed by atoms with Crippen molar-refractivity contribution in [3.63, 3.8) is 0 Å². The van der Waals surface area contributed by atoms with Crippen molar-refractivity contribution in [3.8, 4) is 0 Å². The molecule has 5 aromatic rings. The number of allylic oxidation sites excluding steroid dienone is 3. The zero-order valence-corrected chi connectivity index (χ0v) is 46.1. The molecule has 0 saturated heterocycles. The summed E-state index contributed by atoms with van der Waals surface area (Å²) < 4.78 is 54.6. The number of aryl methyl sites for hydroxylation is 1. The fraction of sp³-hybridized carbons (Fsp3) is 0.522. The van der Waals surface area contributed by atoms with Crippen LogP contribution in [-0.2, 0) is 38.9 Å². The Bertz CT molecular complexity index is 3380. The molecule has 4 heteroatoms. The molecule has 0 spiro atoms. The molecule has 2 aliphatic heterocycles. The predicted octanol–water partition coefficient (Wildman–Crippen LogP) is 16.8. The maximum absolute atomic E-state index is 9.85. The van der Waals surface area contributed by atoms with Crippen molar-refractivity contribution in [3.05, 3.63) is 129 Å². The van der Waals surface area contributed by atoms with E-state index in [1.807, 2.05) is 0 Å². The number of furan rings is 1. The minimum atomic E-state index is -1.24. The Balaban J connectivity index is 1.23. The first-order valence-electron chi connectivity index (χ1n) is 30.0. The molecule has 12 rings (SSSR count). The summed E-state index contributed by atoms with van der Waals surface area (Å²) in [5, 5.41) is 0. The average Bonchev–Trinajstić information content (AvgIpc) is 3.74. The molecule has 0 saturated carbocycles. The molecule has 0 amide bonds. The first kappa shape index (κ1) is 41.7. The fourth-order valence-corrected chi connectivity index (χ4v) is 14.4. The van der Waals surface area contributed by atoms with Crippen molar-refractivity contribution < 1.29 is 11.3 Å². The average molecular weight is 948 g/mol. The van der Waals surface area contributed by atoms with E-state index in [2.05, 4.69) is 187 Å². The zero-order valence-electron chi connectivity index (χ0n) is 51.1. The summed E-state index contributed by atoms with van der Waals surface area (Å²) in [7, 11) is 0. The lowest BCUT2D eigenvalue weighted by Crippen LogP contribution is -2.61. The molecule has 0 N–H and O–H groups in total. The van der Waals surface area contributed by atoms with Gasteiger partial charge in [-0.15, -0.1) is 0 Å². The molecule has 71 heavy (non-hydrogen) atoms. The Kier molecular flexibility index (Phi) is 8.93. The van der Waals surface area contributed by atoms with Gasteiger partial charge in [-0.05, 0) is 213 Å². The monoisotopic (exact) mass is 948 g/mol. The lowest BCUT2D eigenvalue weighted by molar-refractivity contribution is 0.289. The molecule has 1 aromatic heterocycles. The first-order chi connectivity index (χ1) is 35.3. The topological polar surface area (TPSA) is 19.6 Å². The van der Waals surface area contributed by atoms with E-state index in [4.69, 9.17) is 5.79 Å². The van der Waals surface area contributed by atoms with Gasteiger partial charge in [0.25, 0.3) is 6.71 Å². The van der Waals surface area contributed by atoms with Crippen molar-refractivity contribution in [1.82, 2.24) is 0 Å². The minimum absolute atomic E-state index is 0.00982. The van der Waals surface area contributed by atoms with Gasteiger partial charge in [0.1, 0.15) is 5.76 Å². The van der Waals surface area contributed by atoms with Gasteiger partial charge >= 0.3 is 0 Å². The van der Waals surface area contributed by atoms with Gasteiger partial charge in [-0.25, -0.2) is 0 Å². The third kappa shape index (κ3) is 7.08. The van der Waals surface area contributed by atoms with Crippen LogP contribution in [0.25, 0.3) is 6.08 Å². The highest BCUT2D eigenvalue weighted by atomic mass is 16.3. The van der Waals surface area contributed by atoms with E-state index in [0.29, 0.717) is 5.92 Å². The second-order valence-corrected chi connectivity index (χ2v) is 28.3. The van der Waals surface area contributed by atoms with Crippen LogP contribution >= 0.6 is 0 Å². The van der Waals surface area contributed by atoms with Gasteiger partial charge in [0.15, 0.2) is 0 Å². The highest BCUT2D eigenvalue weighted by Crippen LogP contribution is 2.57. The summed E-state index contributed by atoms with van der Waals surface area (Å²) in [5.41, 5.74) is 20.7. The Hall–Kier alpha value is -4.70. The van der Waals surface area contributed by atoms with Gasteiger partial charge in [-0.2, -0.15) is 0 Å². The SMILES string of the molecule is [2H]C1=C([2H])C(c2cc3c(cc2N2c4cc5c(cc4B4c6oc7c(c6N(c6ccc8c(c6)C(C)(C)CCC8(C)C)c6cc(C)cc2c64)CC(C(C)(C)C)C=C7)C(C)(C)CCC5(C)C)C(C)(C)CCC3(C)C)C([2H])C([2H])C1[2H]. The predicted molar refractivity (Wildman–Crippen MR) is 305 cm³/mol. The molecule has 3 nitrogen and oxygen atoms in total. The van der Waals surface area contributed by atoms with Gasteiger partial charge in [-0.1, -0.05) is 140 Å². The zero-order chi connectivity index (χ0) is 54.7. The normalized spacial score (nSPS) is 28.6. The van der Waals surface area contributed by atoms with Gasteiger partial charge < -0.3 is 14.2 Å². The maximum Gasteiger partial charge on any atom is 0.297 e. The molecule has 4 aromatic carbocycles. The summed E-state index contributed by atoms with van der Waals surface area (Å²) in [6.07, 6.45) is 8.41. The molecular formula is C67H83BN2O. The number of hydrogen-bond donors (Lipinski definition) is 0.